The van der Waals surface area contributed by atoms with E-state index in [0.29, 0.717) is 22.6 Å². The lowest BCUT2D eigenvalue weighted by Gasteiger charge is -2.11. The first-order chi connectivity index (χ1) is 11.0. The number of hydrazine groups is 1. The lowest BCUT2D eigenvalue weighted by molar-refractivity contribution is 0.0846. The summed E-state index contributed by atoms with van der Waals surface area (Å²) < 4.78 is 10.3. The molecule has 6 nitrogen and oxygen atoms in total. The van der Waals surface area contributed by atoms with Gasteiger partial charge < -0.3 is 9.47 Å². The fourth-order valence-electron chi connectivity index (χ4n) is 2.02. The number of ether oxygens (including phenoxy) is 2. The van der Waals surface area contributed by atoms with E-state index in [1.807, 2.05) is 13.0 Å². The first-order valence-electron chi connectivity index (χ1n) is 6.94. The molecular weight excluding hydrogens is 296 g/mol. The Balaban J connectivity index is 2.03. The van der Waals surface area contributed by atoms with Gasteiger partial charge in [0.05, 0.1) is 14.2 Å². The van der Waals surface area contributed by atoms with E-state index in [0.717, 1.165) is 5.56 Å². The monoisotopic (exact) mass is 314 g/mol. The van der Waals surface area contributed by atoms with Crippen molar-refractivity contribution in [1.29, 1.82) is 0 Å². The summed E-state index contributed by atoms with van der Waals surface area (Å²) in [6.45, 7) is 1.89. The molecule has 0 spiro atoms. The van der Waals surface area contributed by atoms with Gasteiger partial charge in [-0.15, -0.1) is 0 Å². The van der Waals surface area contributed by atoms with E-state index in [2.05, 4.69) is 10.9 Å². The van der Waals surface area contributed by atoms with Crippen molar-refractivity contribution in [3.05, 3.63) is 59.2 Å². The van der Waals surface area contributed by atoms with Crippen LogP contribution in [0.2, 0.25) is 0 Å². The molecule has 120 valence electrons. The highest BCUT2D eigenvalue weighted by Gasteiger charge is 2.12. The quantitative estimate of drug-likeness (QED) is 0.847. The lowest BCUT2D eigenvalue weighted by Crippen LogP contribution is -2.41. The third-order valence-electron chi connectivity index (χ3n) is 3.22. The Kier molecular flexibility index (Phi) is 5.19. The van der Waals surface area contributed by atoms with Crippen molar-refractivity contribution >= 4 is 11.8 Å². The summed E-state index contributed by atoms with van der Waals surface area (Å²) in [6.07, 6.45) is 0. The number of nitrogens with one attached hydrogen (secondary N) is 2. The van der Waals surface area contributed by atoms with E-state index in [-0.39, 0.29) is 5.91 Å². The van der Waals surface area contributed by atoms with Gasteiger partial charge in [-0.2, -0.15) is 0 Å². The van der Waals surface area contributed by atoms with Gasteiger partial charge in [-0.1, -0.05) is 17.7 Å². The molecule has 0 aliphatic rings. The lowest BCUT2D eigenvalue weighted by atomic mass is 10.1. The predicted molar refractivity (Wildman–Crippen MR) is 85.7 cm³/mol. The van der Waals surface area contributed by atoms with Crippen LogP contribution < -0.4 is 20.3 Å². The summed E-state index contributed by atoms with van der Waals surface area (Å²) in [7, 11) is 3.00. The molecule has 0 atom stereocenters. The first-order valence-corrected chi connectivity index (χ1v) is 6.94. The van der Waals surface area contributed by atoms with E-state index in [4.69, 9.17) is 9.47 Å². The molecule has 0 radical (unpaired) electrons. The number of methoxy groups -OCH3 is 2. The third kappa shape index (κ3) is 4.00. The maximum Gasteiger partial charge on any atom is 0.269 e. The van der Waals surface area contributed by atoms with Gasteiger partial charge in [0.1, 0.15) is 0 Å². The Hall–Kier alpha value is -3.02. The van der Waals surface area contributed by atoms with Gasteiger partial charge in [-0.25, -0.2) is 0 Å². The second-order valence-corrected chi connectivity index (χ2v) is 4.85. The molecule has 0 bridgehead atoms. The van der Waals surface area contributed by atoms with Crippen LogP contribution in [0.1, 0.15) is 26.3 Å². The smallest absolute Gasteiger partial charge is 0.269 e. The largest absolute Gasteiger partial charge is 0.493 e. The van der Waals surface area contributed by atoms with Gasteiger partial charge >= 0.3 is 0 Å². The van der Waals surface area contributed by atoms with Gasteiger partial charge in [-0.05, 0) is 37.3 Å². The average molecular weight is 314 g/mol. The van der Waals surface area contributed by atoms with Crippen LogP contribution in [0, 0.1) is 6.92 Å². The number of hydrogen-bond acceptors (Lipinski definition) is 4. The highest BCUT2D eigenvalue weighted by Crippen LogP contribution is 2.27. The van der Waals surface area contributed by atoms with Crippen molar-refractivity contribution in [1.82, 2.24) is 10.9 Å². The highest BCUT2D eigenvalue weighted by molar-refractivity contribution is 5.99. The van der Waals surface area contributed by atoms with Gasteiger partial charge in [0, 0.05) is 11.1 Å². The molecule has 0 aromatic heterocycles. The minimum Gasteiger partial charge on any atom is -0.493 e. The molecular formula is C17H18N2O4. The fourth-order valence-corrected chi connectivity index (χ4v) is 2.02. The van der Waals surface area contributed by atoms with E-state index in [9.17, 15) is 9.59 Å². The molecule has 2 aromatic carbocycles. The molecule has 0 saturated heterocycles. The van der Waals surface area contributed by atoms with Gasteiger partial charge in [0.15, 0.2) is 11.5 Å². The predicted octanol–water partition coefficient (Wildman–Crippen LogP) is 2.09. The zero-order valence-corrected chi connectivity index (χ0v) is 13.2. The number of amides is 2. The van der Waals surface area contributed by atoms with Crippen molar-refractivity contribution in [3.63, 3.8) is 0 Å². The van der Waals surface area contributed by atoms with E-state index < -0.39 is 5.91 Å². The highest BCUT2D eigenvalue weighted by atomic mass is 16.5. The molecule has 0 aliphatic heterocycles. The van der Waals surface area contributed by atoms with Crippen molar-refractivity contribution in [2.45, 2.75) is 6.92 Å². The molecule has 0 fully saturated rings. The molecule has 0 unspecified atom stereocenters. The number of aryl methyl sites for hydroxylation is 1. The van der Waals surface area contributed by atoms with Crippen LogP contribution in [0.3, 0.4) is 0 Å². The number of carbonyl (C=O) groups excluding carboxylic acids is 2. The van der Waals surface area contributed by atoms with Gasteiger partial charge in [0.25, 0.3) is 11.8 Å². The minimum atomic E-state index is -0.452. The van der Waals surface area contributed by atoms with Crippen LogP contribution in [-0.4, -0.2) is 26.0 Å². The second-order valence-electron chi connectivity index (χ2n) is 4.85. The molecule has 0 aliphatic carbocycles. The third-order valence-corrected chi connectivity index (χ3v) is 3.22. The topological polar surface area (TPSA) is 76.7 Å². The Morgan fingerprint density at radius 1 is 0.826 bits per heavy atom. The standard InChI is InChI=1S/C17H18N2O4/c1-11-5-4-6-12(9-11)16(20)18-19-17(21)13-7-8-14(22-2)15(10-13)23-3/h4-10H,1-3H3,(H,18,20)(H,19,21). The van der Waals surface area contributed by atoms with Gasteiger partial charge in [-0.3, -0.25) is 20.4 Å². The zero-order chi connectivity index (χ0) is 16.8. The summed E-state index contributed by atoms with van der Waals surface area (Å²) in [6, 6.07) is 11.8. The normalized spacial score (nSPS) is 9.87. The average Bonchev–Trinajstić information content (AvgIpc) is 2.58. The van der Waals surface area contributed by atoms with Crippen molar-refractivity contribution < 1.29 is 19.1 Å². The van der Waals surface area contributed by atoms with Crippen LogP contribution in [0.5, 0.6) is 11.5 Å². The summed E-state index contributed by atoms with van der Waals surface area (Å²) in [5, 5.41) is 0. The SMILES string of the molecule is COc1ccc(C(=O)NNC(=O)c2cccc(C)c2)cc1OC. The molecule has 23 heavy (non-hydrogen) atoms. The second kappa shape index (κ2) is 7.31. The summed E-state index contributed by atoms with van der Waals surface area (Å²) >= 11 is 0. The zero-order valence-electron chi connectivity index (χ0n) is 13.2. The van der Waals surface area contributed by atoms with Crippen molar-refractivity contribution in [2.24, 2.45) is 0 Å². The molecule has 2 aromatic rings. The maximum absolute atomic E-state index is 12.1. The Bertz CT molecular complexity index is 728. The Morgan fingerprint density at radius 2 is 1.43 bits per heavy atom. The van der Waals surface area contributed by atoms with Crippen molar-refractivity contribution in [3.8, 4) is 11.5 Å². The van der Waals surface area contributed by atoms with Crippen molar-refractivity contribution in [2.75, 3.05) is 14.2 Å². The molecule has 0 heterocycles. The summed E-state index contributed by atoms with van der Waals surface area (Å²) in [5.41, 5.74) is 6.52. The van der Waals surface area contributed by atoms with Crippen LogP contribution in [0.15, 0.2) is 42.5 Å². The molecule has 2 N–H and O–H groups in total. The Labute approximate surface area is 134 Å². The summed E-state index contributed by atoms with van der Waals surface area (Å²) in [5.74, 6) is 0.118. The maximum atomic E-state index is 12.1. The minimum absolute atomic E-state index is 0.340. The fraction of sp³-hybridized carbons (Fsp3) is 0.176. The van der Waals surface area contributed by atoms with Gasteiger partial charge in [0.2, 0.25) is 0 Å². The first kappa shape index (κ1) is 16.4. The van der Waals surface area contributed by atoms with Crippen LogP contribution in [0.4, 0.5) is 0 Å². The Morgan fingerprint density at radius 3 is 2.00 bits per heavy atom. The molecule has 0 saturated carbocycles. The van der Waals surface area contributed by atoms with E-state index >= 15 is 0 Å². The number of rotatable bonds is 4. The van der Waals surface area contributed by atoms with E-state index in [1.165, 1.54) is 20.3 Å². The molecule has 2 rings (SSSR count). The van der Waals surface area contributed by atoms with Crippen LogP contribution in [-0.2, 0) is 0 Å². The molecule has 2 amide bonds. The number of hydrogen-bond donors (Lipinski definition) is 2. The number of benzene rings is 2. The summed E-state index contributed by atoms with van der Waals surface area (Å²) in [4.78, 5) is 24.1. The van der Waals surface area contributed by atoms with Crippen LogP contribution >= 0.6 is 0 Å². The molecule has 6 heteroatoms. The van der Waals surface area contributed by atoms with Crippen LogP contribution in [0.25, 0.3) is 0 Å². The van der Waals surface area contributed by atoms with E-state index in [1.54, 1.807) is 30.3 Å². The number of carbonyl (C=O) groups is 2.